The molecule has 2 fully saturated rings. The van der Waals surface area contributed by atoms with Crippen molar-refractivity contribution in [3.05, 3.63) is 0 Å². The van der Waals surface area contributed by atoms with Gasteiger partial charge in [-0.25, -0.2) is 0 Å². The Morgan fingerprint density at radius 3 is 1.93 bits per heavy atom. The Labute approximate surface area is 177 Å². The van der Waals surface area contributed by atoms with Gasteiger partial charge in [0.25, 0.3) is 0 Å². The summed E-state index contributed by atoms with van der Waals surface area (Å²) in [5.41, 5.74) is 0. The van der Waals surface area contributed by atoms with Crippen LogP contribution in [0.15, 0.2) is 0 Å². The van der Waals surface area contributed by atoms with Crippen LogP contribution in [0.3, 0.4) is 0 Å². The summed E-state index contributed by atoms with van der Waals surface area (Å²) in [5.74, 6) is -1.79. The Balaban J connectivity index is 2.34. The lowest BCUT2D eigenvalue weighted by Gasteiger charge is -2.50. The van der Waals surface area contributed by atoms with Crippen molar-refractivity contribution in [2.24, 2.45) is 0 Å². The first-order valence-electron chi connectivity index (χ1n) is 9.73. The van der Waals surface area contributed by atoms with Gasteiger partial charge in [-0.2, -0.15) is 0 Å². The highest BCUT2D eigenvalue weighted by atomic mass is 16.8. The fourth-order valence-electron chi connectivity index (χ4n) is 4.08. The van der Waals surface area contributed by atoms with E-state index in [4.69, 9.17) is 47.4 Å². The molecule has 30 heavy (non-hydrogen) atoms. The predicted octanol–water partition coefficient (Wildman–Crippen LogP) is -0.817. The molecule has 0 amide bonds. The summed E-state index contributed by atoms with van der Waals surface area (Å²) >= 11 is 0. The number of rotatable bonds is 11. The molecule has 2 aliphatic heterocycles. The van der Waals surface area contributed by atoms with Gasteiger partial charge >= 0.3 is 0 Å². The highest BCUT2D eigenvalue weighted by Crippen LogP contribution is 2.35. The van der Waals surface area contributed by atoms with E-state index in [9.17, 15) is 5.11 Å². The van der Waals surface area contributed by atoms with Crippen LogP contribution in [0.4, 0.5) is 0 Å². The smallest absolute Gasteiger partial charge is 0.219 e. The van der Waals surface area contributed by atoms with Crippen molar-refractivity contribution in [3.8, 4) is 0 Å². The van der Waals surface area contributed by atoms with Gasteiger partial charge in [0.15, 0.2) is 6.29 Å². The summed E-state index contributed by atoms with van der Waals surface area (Å²) in [6, 6.07) is 0. The van der Waals surface area contributed by atoms with E-state index in [0.29, 0.717) is 0 Å². The molecule has 0 saturated carbocycles. The van der Waals surface area contributed by atoms with Gasteiger partial charge in [-0.1, -0.05) is 0 Å². The summed E-state index contributed by atoms with van der Waals surface area (Å²) in [6.45, 7) is 0.202. The molecule has 2 rings (SSSR count). The fraction of sp³-hybridized carbons (Fsp3) is 1.00. The topological polar surface area (TPSA) is 113 Å². The first-order chi connectivity index (χ1) is 14.4. The quantitative estimate of drug-likeness (QED) is 0.435. The zero-order valence-corrected chi connectivity index (χ0v) is 18.8. The zero-order chi connectivity index (χ0) is 22.3. The Hall–Kier alpha value is -0.440. The van der Waals surface area contributed by atoms with Gasteiger partial charge in [0.05, 0.1) is 13.2 Å². The highest BCUT2D eigenvalue weighted by Gasteiger charge is 2.56. The second-order valence-corrected chi connectivity index (χ2v) is 7.22. The van der Waals surface area contributed by atoms with E-state index in [0.717, 1.165) is 0 Å². The van der Waals surface area contributed by atoms with E-state index in [-0.39, 0.29) is 19.8 Å². The summed E-state index contributed by atoms with van der Waals surface area (Å²) in [5, 5.41) is 11.1. The number of methoxy groups -OCH3 is 7. The average molecular weight is 440 g/mol. The number of hydrogen-bond donors (Lipinski definition) is 1. The standard InChI is InChI=1S/C19H36O11/c1-21-8-12-13(24-4)15(26-6)16(27-7)18(29-12)30-17-14(25-5)11(23-3)9-28-19(17,20)10-22-2/h11-18,20H,8-10H2,1-7H3. The Bertz CT molecular complexity index is 495. The van der Waals surface area contributed by atoms with E-state index in [1.807, 2.05) is 0 Å². The molecule has 0 spiro atoms. The molecule has 0 aromatic rings. The third kappa shape index (κ3) is 5.30. The van der Waals surface area contributed by atoms with Crippen molar-refractivity contribution in [1.29, 1.82) is 0 Å². The first-order valence-corrected chi connectivity index (χ1v) is 9.73. The van der Waals surface area contributed by atoms with E-state index in [1.54, 1.807) is 21.3 Å². The van der Waals surface area contributed by atoms with Crippen LogP contribution in [0, 0.1) is 0 Å². The van der Waals surface area contributed by atoms with Gasteiger partial charge < -0.3 is 52.5 Å². The Kier molecular flexibility index (Phi) is 10.3. The van der Waals surface area contributed by atoms with Crippen LogP contribution in [0.2, 0.25) is 0 Å². The monoisotopic (exact) mass is 440 g/mol. The summed E-state index contributed by atoms with van der Waals surface area (Å²) in [4.78, 5) is 0. The molecule has 1 N–H and O–H groups in total. The maximum absolute atomic E-state index is 11.1. The Morgan fingerprint density at radius 2 is 1.43 bits per heavy atom. The maximum Gasteiger partial charge on any atom is 0.219 e. The molecule has 0 bridgehead atoms. The van der Waals surface area contributed by atoms with Crippen molar-refractivity contribution < 1.29 is 52.5 Å². The molecule has 0 aromatic heterocycles. The molecule has 11 nitrogen and oxygen atoms in total. The van der Waals surface area contributed by atoms with Crippen LogP contribution in [0.25, 0.3) is 0 Å². The van der Waals surface area contributed by atoms with Gasteiger partial charge in [0, 0.05) is 49.8 Å². The van der Waals surface area contributed by atoms with Gasteiger partial charge in [-0.05, 0) is 0 Å². The van der Waals surface area contributed by atoms with Crippen LogP contribution in [0.1, 0.15) is 0 Å². The molecule has 2 aliphatic rings. The summed E-state index contributed by atoms with van der Waals surface area (Å²) < 4.78 is 56.4. The van der Waals surface area contributed by atoms with Crippen LogP contribution >= 0.6 is 0 Å². The molecule has 0 radical (unpaired) electrons. The van der Waals surface area contributed by atoms with Crippen molar-refractivity contribution >= 4 is 0 Å². The Morgan fingerprint density at radius 1 is 0.800 bits per heavy atom. The fourth-order valence-corrected chi connectivity index (χ4v) is 4.08. The number of hydrogen-bond acceptors (Lipinski definition) is 11. The van der Waals surface area contributed by atoms with E-state index >= 15 is 0 Å². The molecule has 9 atom stereocenters. The van der Waals surface area contributed by atoms with Crippen molar-refractivity contribution in [3.63, 3.8) is 0 Å². The molecular weight excluding hydrogens is 404 g/mol. The molecule has 2 saturated heterocycles. The minimum absolute atomic E-state index is 0.104. The molecule has 2 heterocycles. The maximum atomic E-state index is 11.1. The van der Waals surface area contributed by atoms with E-state index in [1.165, 1.54) is 28.4 Å². The van der Waals surface area contributed by atoms with Crippen molar-refractivity contribution in [2.45, 2.75) is 54.8 Å². The SMILES string of the molecule is COCC1OC(OC2C(OC)C(OC)COC2(O)COC)C(OC)C(OC)C1OC. The normalized spacial score (nSPS) is 42.4. The molecule has 9 unspecified atom stereocenters. The third-order valence-electron chi connectivity index (χ3n) is 5.55. The lowest BCUT2D eigenvalue weighted by molar-refractivity contribution is -0.393. The lowest BCUT2D eigenvalue weighted by Crippen LogP contribution is -2.68. The second kappa shape index (κ2) is 12.0. The van der Waals surface area contributed by atoms with Gasteiger partial charge in [0.1, 0.15) is 49.3 Å². The number of ether oxygens (including phenoxy) is 10. The minimum Gasteiger partial charge on any atom is -0.382 e. The third-order valence-corrected chi connectivity index (χ3v) is 5.55. The largest absolute Gasteiger partial charge is 0.382 e. The van der Waals surface area contributed by atoms with E-state index in [2.05, 4.69) is 0 Å². The van der Waals surface area contributed by atoms with Gasteiger partial charge in [-0.3, -0.25) is 0 Å². The predicted molar refractivity (Wildman–Crippen MR) is 102 cm³/mol. The van der Waals surface area contributed by atoms with Crippen LogP contribution in [-0.4, -0.2) is 130 Å². The molecule has 11 heteroatoms. The molecular formula is C19H36O11. The minimum atomic E-state index is -1.79. The van der Waals surface area contributed by atoms with Crippen molar-refractivity contribution in [2.75, 3.05) is 69.6 Å². The average Bonchev–Trinajstić information content (AvgIpc) is 2.74. The molecule has 0 aliphatic carbocycles. The van der Waals surface area contributed by atoms with Gasteiger partial charge in [0.2, 0.25) is 5.79 Å². The zero-order valence-electron chi connectivity index (χ0n) is 18.8. The van der Waals surface area contributed by atoms with E-state index < -0.39 is 54.8 Å². The lowest BCUT2D eigenvalue weighted by atomic mass is 9.95. The highest BCUT2D eigenvalue weighted by molar-refractivity contribution is 4.98. The molecule has 178 valence electrons. The molecule has 0 aromatic carbocycles. The van der Waals surface area contributed by atoms with Crippen LogP contribution < -0.4 is 0 Å². The van der Waals surface area contributed by atoms with Gasteiger partial charge in [-0.15, -0.1) is 0 Å². The summed E-state index contributed by atoms with van der Waals surface area (Å²) in [7, 11) is 10.7. The van der Waals surface area contributed by atoms with Crippen molar-refractivity contribution in [1.82, 2.24) is 0 Å². The summed E-state index contributed by atoms with van der Waals surface area (Å²) in [6.07, 6.45) is -5.22. The van der Waals surface area contributed by atoms with Crippen LogP contribution in [-0.2, 0) is 47.4 Å². The number of aliphatic hydroxyl groups is 1. The van der Waals surface area contributed by atoms with Crippen LogP contribution in [0.5, 0.6) is 0 Å². The second-order valence-electron chi connectivity index (χ2n) is 7.22. The first kappa shape index (κ1) is 25.8.